The molecule has 0 saturated carbocycles. The van der Waals surface area contributed by atoms with Gasteiger partial charge in [0, 0.05) is 36.7 Å². The maximum absolute atomic E-state index is 11.3. The fourth-order valence-corrected chi connectivity index (χ4v) is 2.64. The summed E-state index contributed by atoms with van der Waals surface area (Å²) in [5.74, 6) is -0.0141. The lowest BCUT2D eigenvalue weighted by Crippen LogP contribution is -2.15. The molecule has 2 rings (SSSR count). The van der Waals surface area contributed by atoms with Gasteiger partial charge in [-0.25, -0.2) is 4.98 Å². The van der Waals surface area contributed by atoms with Crippen molar-refractivity contribution in [2.24, 2.45) is 5.73 Å². The van der Waals surface area contributed by atoms with Crippen LogP contribution in [0, 0.1) is 0 Å². The third kappa shape index (κ3) is 3.54. The average molecular weight is 290 g/mol. The van der Waals surface area contributed by atoms with Gasteiger partial charge in [-0.05, 0) is 6.07 Å². The highest BCUT2D eigenvalue weighted by molar-refractivity contribution is 7.09. The van der Waals surface area contributed by atoms with Gasteiger partial charge in [0.2, 0.25) is 0 Å². The van der Waals surface area contributed by atoms with Crippen LogP contribution in [0.5, 0.6) is 0 Å². The van der Waals surface area contributed by atoms with Crippen LogP contribution in [0.15, 0.2) is 23.8 Å². The summed E-state index contributed by atoms with van der Waals surface area (Å²) in [5, 5.41) is 6.44. The Morgan fingerprint density at radius 1 is 1.50 bits per heavy atom. The Hall–Kier alpha value is -1.95. The van der Waals surface area contributed by atoms with Crippen LogP contribution in [0.4, 0.5) is 5.69 Å². The molecule has 0 atom stereocenters. The number of nitrogens with zero attached hydrogens (tertiary/aromatic N) is 2. The lowest BCUT2D eigenvalue weighted by atomic mass is 10.2. The van der Waals surface area contributed by atoms with E-state index < -0.39 is 5.91 Å². The molecule has 5 nitrogen and oxygen atoms in total. The van der Waals surface area contributed by atoms with E-state index in [2.05, 4.69) is 34.5 Å². The molecule has 2 heterocycles. The quantitative estimate of drug-likeness (QED) is 0.856. The minimum Gasteiger partial charge on any atom is -0.384 e. The number of carbonyl (C=O) groups excluding carboxylic acids is 1. The summed E-state index contributed by atoms with van der Waals surface area (Å²) in [5.41, 5.74) is 7.50. The molecule has 1 amide bonds. The summed E-state index contributed by atoms with van der Waals surface area (Å²) in [6, 6.07) is 1.75. The molecule has 0 aliphatic rings. The number of carbonyl (C=O) groups is 1. The minimum atomic E-state index is -0.476. The molecular weight excluding hydrogens is 272 g/mol. The van der Waals surface area contributed by atoms with Crippen LogP contribution >= 0.6 is 11.3 Å². The van der Waals surface area contributed by atoms with Crippen molar-refractivity contribution >= 4 is 22.9 Å². The number of aromatic nitrogens is 2. The van der Waals surface area contributed by atoms with Crippen LogP contribution in [0.25, 0.3) is 0 Å². The third-order valence-corrected chi connectivity index (χ3v) is 4.04. The molecule has 3 N–H and O–H groups in total. The van der Waals surface area contributed by atoms with Crippen LogP contribution in [0.2, 0.25) is 0 Å². The zero-order valence-electron chi connectivity index (χ0n) is 11.6. The van der Waals surface area contributed by atoms with E-state index in [1.165, 1.54) is 6.20 Å². The summed E-state index contributed by atoms with van der Waals surface area (Å²) in [6.45, 7) is 4.97. The van der Waals surface area contributed by atoms with Gasteiger partial charge in [-0.15, -0.1) is 11.3 Å². The fourth-order valence-electron chi connectivity index (χ4n) is 1.77. The Balaban J connectivity index is 1.94. The van der Waals surface area contributed by atoms with Gasteiger partial charge in [0.05, 0.1) is 22.0 Å². The molecule has 20 heavy (non-hydrogen) atoms. The number of nitrogens with two attached hydrogens (primary N) is 1. The molecule has 2 aromatic heterocycles. The number of thiazole rings is 1. The van der Waals surface area contributed by atoms with Crippen molar-refractivity contribution in [1.29, 1.82) is 0 Å². The zero-order valence-corrected chi connectivity index (χ0v) is 12.4. The number of rotatable bonds is 6. The molecule has 106 valence electrons. The van der Waals surface area contributed by atoms with Crippen molar-refractivity contribution in [3.63, 3.8) is 0 Å². The largest absolute Gasteiger partial charge is 0.384 e. The molecule has 0 spiro atoms. The molecule has 6 heteroatoms. The summed E-state index contributed by atoms with van der Waals surface area (Å²) in [4.78, 5) is 19.7. The number of primary amides is 1. The Kier molecular flexibility index (Phi) is 4.68. The van der Waals surface area contributed by atoms with Crippen molar-refractivity contribution in [1.82, 2.24) is 9.97 Å². The van der Waals surface area contributed by atoms with Gasteiger partial charge in [-0.3, -0.25) is 9.78 Å². The van der Waals surface area contributed by atoms with Crippen LogP contribution in [0.1, 0.15) is 40.8 Å². The molecule has 0 unspecified atom stereocenters. The molecular formula is C14H18N4OS. The van der Waals surface area contributed by atoms with E-state index in [9.17, 15) is 4.79 Å². The standard InChI is InChI=1S/C14H18N4OS/c1-9(2)14-18-10(8-20-14)3-6-17-12-4-5-16-7-11(12)13(15)19/h4-5,7-9H,3,6H2,1-2H3,(H2,15,19)(H,16,17). The molecule has 2 aromatic rings. The molecule has 0 bridgehead atoms. The Morgan fingerprint density at radius 2 is 2.30 bits per heavy atom. The molecule has 0 radical (unpaired) electrons. The van der Waals surface area contributed by atoms with Gasteiger partial charge in [-0.2, -0.15) is 0 Å². The summed E-state index contributed by atoms with van der Waals surface area (Å²) < 4.78 is 0. The zero-order chi connectivity index (χ0) is 14.5. The highest BCUT2D eigenvalue weighted by atomic mass is 32.1. The first-order valence-corrected chi connectivity index (χ1v) is 7.38. The number of pyridine rings is 1. The molecule has 0 aromatic carbocycles. The van der Waals surface area contributed by atoms with Gasteiger partial charge in [-0.1, -0.05) is 13.8 Å². The predicted octanol–water partition coefficient (Wildman–Crippen LogP) is 2.42. The van der Waals surface area contributed by atoms with Crippen LogP contribution in [-0.4, -0.2) is 22.4 Å². The van der Waals surface area contributed by atoms with Crippen molar-refractivity contribution in [2.45, 2.75) is 26.2 Å². The second-order valence-electron chi connectivity index (χ2n) is 4.79. The SMILES string of the molecule is CC(C)c1nc(CCNc2ccncc2C(N)=O)cs1. The monoisotopic (exact) mass is 290 g/mol. The number of hydrogen-bond acceptors (Lipinski definition) is 5. The van der Waals surface area contributed by atoms with Crippen LogP contribution in [0.3, 0.4) is 0 Å². The summed E-state index contributed by atoms with van der Waals surface area (Å²) in [7, 11) is 0. The van der Waals surface area contributed by atoms with E-state index in [0.29, 0.717) is 23.7 Å². The maximum Gasteiger partial charge on any atom is 0.252 e. The topological polar surface area (TPSA) is 80.9 Å². The first kappa shape index (κ1) is 14.5. The van der Waals surface area contributed by atoms with E-state index in [1.54, 1.807) is 23.6 Å². The molecule has 0 fully saturated rings. The van der Waals surface area contributed by atoms with E-state index >= 15 is 0 Å². The lowest BCUT2D eigenvalue weighted by molar-refractivity contribution is 0.100. The Morgan fingerprint density at radius 3 is 2.95 bits per heavy atom. The van der Waals surface area contributed by atoms with Crippen LogP contribution < -0.4 is 11.1 Å². The highest BCUT2D eigenvalue weighted by Gasteiger charge is 2.08. The van der Waals surface area contributed by atoms with Crippen molar-refractivity contribution in [3.05, 3.63) is 40.1 Å². The minimum absolute atomic E-state index is 0.411. The van der Waals surface area contributed by atoms with Gasteiger partial charge in [0.1, 0.15) is 0 Å². The average Bonchev–Trinajstić information content (AvgIpc) is 2.88. The van der Waals surface area contributed by atoms with E-state index in [1.807, 2.05) is 0 Å². The number of nitrogens with one attached hydrogen (secondary N) is 1. The Labute approximate surface area is 122 Å². The third-order valence-electron chi connectivity index (χ3n) is 2.85. The molecule has 0 aliphatic heterocycles. The smallest absolute Gasteiger partial charge is 0.252 e. The number of anilines is 1. The second-order valence-corrected chi connectivity index (χ2v) is 5.68. The number of hydrogen-bond donors (Lipinski definition) is 2. The normalized spacial score (nSPS) is 10.8. The van der Waals surface area contributed by atoms with E-state index in [0.717, 1.165) is 17.1 Å². The lowest BCUT2D eigenvalue weighted by Gasteiger charge is -2.08. The first-order chi connectivity index (χ1) is 9.58. The second kappa shape index (κ2) is 6.47. The number of amides is 1. The van der Waals surface area contributed by atoms with E-state index in [4.69, 9.17) is 5.73 Å². The summed E-state index contributed by atoms with van der Waals surface area (Å²) >= 11 is 1.69. The van der Waals surface area contributed by atoms with Gasteiger partial charge < -0.3 is 11.1 Å². The van der Waals surface area contributed by atoms with E-state index in [-0.39, 0.29) is 0 Å². The molecule has 0 aliphatic carbocycles. The van der Waals surface area contributed by atoms with Crippen molar-refractivity contribution < 1.29 is 4.79 Å². The maximum atomic E-state index is 11.3. The Bertz CT molecular complexity index is 594. The predicted molar refractivity (Wildman–Crippen MR) is 81.2 cm³/mol. The van der Waals surface area contributed by atoms with Crippen molar-refractivity contribution in [2.75, 3.05) is 11.9 Å². The van der Waals surface area contributed by atoms with Crippen molar-refractivity contribution in [3.8, 4) is 0 Å². The highest BCUT2D eigenvalue weighted by Crippen LogP contribution is 2.19. The molecule has 0 saturated heterocycles. The van der Waals surface area contributed by atoms with Gasteiger partial charge >= 0.3 is 0 Å². The van der Waals surface area contributed by atoms with Crippen LogP contribution in [-0.2, 0) is 6.42 Å². The fraction of sp³-hybridized carbons (Fsp3) is 0.357. The van der Waals surface area contributed by atoms with Gasteiger partial charge in [0.15, 0.2) is 0 Å². The van der Waals surface area contributed by atoms with Gasteiger partial charge in [0.25, 0.3) is 5.91 Å². The summed E-state index contributed by atoms with van der Waals surface area (Å²) in [6.07, 6.45) is 3.92. The first-order valence-electron chi connectivity index (χ1n) is 6.50.